The average Bonchev–Trinajstić information content (AvgIpc) is 2.22. The highest BCUT2D eigenvalue weighted by atomic mass is 16.2. The number of para-hydroxylation sites is 1. The molecular weight excluding hydrogens is 166 g/mol. The van der Waals surface area contributed by atoms with Gasteiger partial charge in [-0.25, -0.2) is 0 Å². The van der Waals surface area contributed by atoms with Gasteiger partial charge in [-0.1, -0.05) is 26.0 Å². The summed E-state index contributed by atoms with van der Waals surface area (Å²) in [6, 6.07) is 7.29. The average molecular weight is 179 g/mol. The lowest BCUT2D eigenvalue weighted by Crippen LogP contribution is -2.45. The van der Waals surface area contributed by atoms with E-state index in [1.54, 1.807) is 6.07 Å². The molecule has 1 aliphatic heterocycles. The van der Waals surface area contributed by atoms with Crippen LogP contribution in [0.5, 0.6) is 0 Å². The van der Waals surface area contributed by atoms with Gasteiger partial charge in [-0.3, -0.25) is 10.2 Å². The fourth-order valence-electron chi connectivity index (χ4n) is 1.01. The Labute approximate surface area is 77.3 Å². The molecule has 0 radical (unpaired) electrons. The Morgan fingerprint density at radius 1 is 1.08 bits per heavy atom. The molecule has 0 aliphatic carbocycles. The summed E-state index contributed by atoms with van der Waals surface area (Å²) in [6.45, 7) is 4.00. The van der Waals surface area contributed by atoms with Crippen molar-refractivity contribution in [1.29, 1.82) is 0 Å². The van der Waals surface area contributed by atoms with E-state index < -0.39 is 0 Å². The van der Waals surface area contributed by atoms with E-state index in [1.165, 1.54) is 0 Å². The zero-order chi connectivity index (χ0) is 9.68. The normalized spacial score (nSPS) is 12.9. The van der Waals surface area contributed by atoms with Crippen LogP contribution in [0.1, 0.15) is 24.2 Å². The van der Waals surface area contributed by atoms with E-state index in [4.69, 9.17) is 0 Å². The van der Waals surface area contributed by atoms with E-state index in [0.29, 0.717) is 5.56 Å². The number of hydrogen-bond acceptors (Lipinski definition) is 3. The Morgan fingerprint density at radius 2 is 1.77 bits per heavy atom. The Balaban J connectivity index is 0.000000396. The summed E-state index contributed by atoms with van der Waals surface area (Å²) in [6.07, 6.45) is 0. The standard InChI is InChI=1S/C7H7N3O.C2H6/c11-7-5-3-1-2-4-6(5)8-10-9-7;1-2/h1-4,8,10H,(H,9,11);1-2H3. The number of nitrogens with one attached hydrogen (secondary N) is 3. The zero-order valence-corrected chi connectivity index (χ0v) is 7.72. The molecule has 2 rings (SSSR count). The van der Waals surface area contributed by atoms with Gasteiger partial charge in [0.2, 0.25) is 0 Å². The van der Waals surface area contributed by atoms with Crippen molar-refractivity contribution in [2.45, 2.75) is 13.8 Å². The second kappa shape index (κ2) is 4.47. The van der Waals surface area contributed by atoms with Crippen molar-refractivity contribution in [3.63, 3.8) is 0 Å². The smallest absolute Gasteiger partial charge is 0.268 e. The number of carbonyl (C=O) groups is 1. The molecule has 1 amide bonds. The molecule has 3 N–H and O–H groups in total. The molecule has 0 saturated heterocycles. The monoisotopic (exact) mass is 179 g/mol. The van der Waals surface area contributed by atoms with Crippen LogP contribution >= 0.6 is 0 Å². The SMILES string of the molecule is CC.O=C1NNNc2ccccc21. The first kappa shape index (κ1) is 9.54. The maximum atomic E-state index is 11.1. The van der Waals surface area contributed by atoms with Gasteiger partial charge in [0.25, 0.3) is 5.91 Å². The van der Waals surface area contributed by atoms with Crippen molar-refractivity contribution < 1.29 is 4.79 Å². The van der Waals surface area contributed by atoms with E-state index >= 15 is 0 Å². The predicted molar refractivity (Wildman–Crippen MR) is 52.0 cm³/mol. The van der Waals surface area contributed by atoms with Gasteiger partial charge in [0.15, 0.2) is 0 Å². The summed E-state index contributed by atoms with van der Waals surface area (Å²) in [5, 5.41) is 0. The number of rotatable bonds is 0. The summed E-state index contributed by atoms with van der Waals surface area (Å²) in [5.74, 6) is -0.112. The minimum absolute atomic E-state index is 0.112. The van der Waals surface area contributed by atoms with Gasteiger partial charge in [-0.15, -0.1) is 5.53 Å². The fraction of sp³-hybridized carbons (Fsp3) is 0.222. The van der Waals surface area contributed by atoms with Crippen LogP contribution in [0.2, 0.25) is 0 Å². The van der Waals surface area contributed by atoms with Crippen LogP contribution in [0, 0.1) is 0 Å². The first-order chi connectivity index (χ1) is 6.38. The molecule has 13 heavy (non-hydrogen) atoms. The third kappa shape index (κ3) is 1.97. The van der Waals surface area contributed by atoms with E-state index in [9.17, 15) is 4.79 Å². The summed E-state index contributed by atoms with van der Waals surface area (Å²) in [7, 11) is 0. The lowest BCUT2D eigenvalue weighted by molar-refractivity contribution is 0.0931. The zero-order valence-electron chi connectivity index (χ0n) is 7.72. The van der Waals surface area contributed by atoms with Gasteiger partial charge in [-0.2, -0.15) is 0 Å². The molecule has 4 nitrogen and oxygen atoms in total. The van der Waals surface area contributed by atoms with Crippen molar-refractivity contribution in [2.75, 3.05) is 5.43 Å². The van der Waals surface area contributed by atoms with Gasteiger partial charge in [-0.05, 0) is 12.1 Å². The molecule has 1 aromatic carbocycles. The van der Waals surface area contributed by atoms with Crippen LogP contribution in [-0.2, 0) is 0 Å². The van der Waals surface area contributed by atoms with Gasteiger partial charge in [0.05, 0.1) is 11.3 Å². The first-order valence-electron chi connectivity index (χ1n) is 4.28. The number of benzene rings is 1. The number of hydrogen-bond donors (Lipinski definition) is 3. The predicted octanol–water partition coefficient (Wildman–Crippen LogP) is 1.29. The second-order valence-electron chi connectivity index (χ2n) is 2.25. The molecule has 1 aliphatic rings. The maximum Gasteiger partial charge on any atom is 0.268 e. The molecule has 0 unspecified atom stereocenters. The molecular formula is C9H13N3O. The van der Waals surface area contributed by atoms with Crippen LogP contribution in [0.25, 0.3) is 0 Å². The summed E-state index contributed by atoms with van der Waals surface area (Å²) >= 11 is 0. The largest absolute Gasteiger partial charge is 0.303 e. The third-order valence-electron chi connectivity index (χ3n) is 1.54. The van der Waals surface area contributed by atoms with Crippen molar-refractivity contribution in [2.24, 2.45) is 0 Å². The van der Waals surface area contributed by atoms with E-state index in [2.05, 4.69) is 16.4 Å². The Hall–Kier alpha value is -1.55. The fourth-order valence-corrected chi connectivity index (χ4v) is 1.01. The van der Waals surface area contributed by atoms with Crippen LogP contribution in [-0.4, -0.2) is 5.91 Å². The molecule has 1 aromatic rings. The second-order valence-corrected chi connectivity index (χ2v) is 2.25. The molecule has 0 fully saturated rings. The summed E-state index contributed by atoms with van der Waals surface area (Å²) in [4.78, 5) is 11.1. The number of hydrazine groups is 2. The van der Waals surface area contributed by atoms with E-state index in [1.807, 2.05) is 32.0 Å². The van der Waals surface area contributed by atoms with Crippen molar-refractivity contribution in [3.05, 3.63) is 29.8 Å². The molecule has 0 bridgehead atoms. The molecule has 0 aromatic heterocycles. The molecule has 1 heterocycles. The number of carbonyl (C=O) groups excluding carboxylic acids is 1. The Kier molecular flexibility index (Phi) is 3.28. The summed E-state index contributed by atoms with van der Waals surface area (Å²) < 4.78 is 0. The minimum atomic E-state index is -0.112. The highest BCUT2D eigenvalue weighted by Gasteiger charge is 2.13. The Bertz CT molecular complexity index is 299. The molecule has 0 spiro atoms. The van der Waals surface area contributed by atoms with Crippen LogP contribution in [0.4, 0.5) is 5.69 Å². The molecule has 70 valence electrons. The third-order valence-corrected chi connectivity index (χ3v) is 1.54. The lowest BCUT2D eigenvalue weighted by Gasteiger charge is -2.18. The van der Waals surface area contributed by atoms with E-state index in [0.717, 1.165) is 5.69 Å². The van der Waals surface area contributed by atoms with Crippen LogP contribution in [0.3, 0.4) is 0 Å². The maximum absolute atomic E-state index is 11.1. The molecule has 0 atom stereocenters. The summed E-state index contributed by atoms with van der Waals surface area (Å²) in [5.41, 5.74) is 9.25. The number of anilines is 1. The molecule has 4 heteroatoms. The Morgan fingerprint density at radius 3 is 2.46 bits per heavy atom. The minimum Gasteiger partial charge on any atom is -0.303 e. The van der Waals surface area contributed by atoms with Gasteiger partial charge in [0, 0.05) is 0 Å². The number of fused-ring (bicyclic) bond motifs is 1. The van der Waals surface area contributed by atoms with Crippen LogP contribution in [0.15, 0.2) is 24.3 Å². The van der Waals surface area contributed by atoms with Crippen LogP contribution < -0.4 is 16.4 Å². The topological polar surface area (TPSA) is 53.2 Å². The number of amides is 1. The van der Waals surface area contributed by atoms with Gasteiger partial charge >= 0.3 is 0 Å². The van der Waals surface area contributed by atoms with Crippen molar-refractivity contribution >= 4 is 11.6 Å². The van der Waals surface area contributed by atoms with Crippen molar-refractivity contribution in [1.82, 2.24) is 11.0 Å². The lowest BCUT2D eigenvalue weighted by atomic mass is 10.1. The highest BCUT2D eigenvalue weighted by Crippen LogP contribution is 2.14. The quantitative estimate of drug-likeness (QED) is 0.562. The first-order valence-corrected chi connectivity index (χ1v) is 4.28. The van der Waals surface area contributed by atoms with E-state index in [-0.39, 0.29) is 5.91 Å². The van der Waals surface area contributed by atoms with Gasteiger partial charge < -0.3 is 5.43 Å². The van der Waals surface area contributed by atoms with Crippen molar-refractivity contribution in [3.8, 4) is 0 Å². The van der Waals surface area contributed by atoms with Gasteiger partial charge in [0.1, 0.15) is 0 Å². The highest BCUT2D eigenvalue weighted by molar-refractivity contribution is 6.00. The molecule has 0 saturated carbocycles.